The molecule has 0 saturated carbocycles. The fourth-order valence-corrected chi connectivity index (χ4v) is 1.44. The number of hydrogen-bond donors (Lipinski definition) is 0. The first-order chi connectivity index (χ1) is 7.83. The largest absolute Gasteiger partial charge is 0.374 e. The summed E-state index contributed by atoms with van der Waals surface area (Å²) < 4.78 is 10.8. The van der Waals surface area contributed by atoms with E-state index in [4.69, 9.17) is 19.2 Å². The van der Waals surface area contributed by atoms with Gasteiger partial charge in [-0.25, -0.2) is 9.78 Å². The minimum Gasteiger partial charge on any atom is -0.374 e. The molecule has 0 spiro atoms. The smallest absolute Gasteiger partial charge is 0.191 e. The molecule has 0 radical (unpaired) electrons. The Morgan fingerprint density at radius 3 is 3.06 bits per heavy atom. The fraction of sp³-hybridized carbons (Fsp3) is 0.833. The Kier molecular flexibility index (Phi) is 7.42. The lowest BCUT2D eigenvalue weighted by Gasteiger charge is -2.21. The normalized spacial score (nSPS) is 22.9. The molecule has 1 fully saturated rings. The monoisotopic (exact) mass is 230 g/mol. The topological polar surface area (TPSA) is 36.9 Å². The van der Waals surface area contributed by atoms with Crippen LogP contribution in [-0.4, -0.2) is 32.2 Å². The number of rotatable bonds is 8. The summed E-state index contributed by atoms with van der Waals surface area (Å²) in [7, 11) is 0. The van der Waals surface area contributed by atoms with Gasteiger partial charge in [-0.2, -0.15) is 0 Å². The Labute approximate surface area is 97.4 Å². The summed E-state index contributed by atoms with van der Waals surface area (Å²) in [5.74, 6) is 0. The van der Waals surface area contributed by atoms with Crippen molar-refractivity contribution < 1.29 is 19.2 Å². The molecule has 0 aromatic carbocycles. The molecule has 4 heteroatoms. The molecule has 0 amide bonds. The van der Waals surface area contributed by atoms with Crippen LogP contribution >= 0.6 is 0 Å². The molecule has 1 rings (SSSR count). The van der Waals surface area contributed by atoms with Gasteiger partial charge in [0, 0.05) is 13.0 Å². The Hall–Kier alpha value is -0.420. The minimum absolute atomic E-state index is 0.161. The predicted molar refractivity (Wildman–Crippen MR) is 60.9 cm³/mol. The molecule has 2 atom stereocenters. The van der Waals surface area contributed by atoms with Gasteiger partial charge in [0.15, 0.2) is 6.29 Å². The van der Waals surface area contributed by atoms with Gasteiger partial charge in [-0.15, -0.1) is 6.58 Å². The average Bonchev–Trinajstić information content (AvgIpc) is 2.33. The number of ether oxygens (including phenoxy) is 2. The van der Waals surface area contributed by atoms with E-state index in [1.807, 2.05) is 6.92 Å². The lowest BCUT2D eigenvalue weighted by molar-refractivity contribution is -0.385. The minimum atomic E-state index is -0.182. The van der Waals surface area contributed by atoms with Crippen LogP contribution in [0.15, 0.2) is 12.7 Å². The fourth-order valence-electron chi connectivity index (χ4n) is 1.44. The van der Waals surface area contributed by atoms with Gasteiger partial charge in [-0.1, -0.05) is 6.08 Å². The zero-order valence-corrected chi connectivity index (χ0v) is 10.0. The van der Waals surface area contributed by atoms with Crippen LogP contribution in [0.5, 0.6) is 0 Å². The molecule has 1 heterocycles. The first-order valence-electron chi connectivity index (χ1n) is 5.95. The van der Waals surface area contributed by atoms with E-state index in [0.717, 1.165) is 32.3 Å². The summed E-state index contributed by atoms with van der Waals surface area (Å²) in [5.41, 5.74) is 0. The van der Waals surface area contributed by atoms with Crippen molar-refractivity contribution in [2.75, 3.05) is 19.8 Å². The van der Waals surface area contributed by atoms with Crippen LogP contribution in [-0.2, 0) is 19.2 Å². The molecule has 94 valence electrons. The van der Waals surface area contributed by atoms with Crippen molar-refractivity contribution in [3.63, 3.8) is 0 Å². The van der Waals surface area contributed by atoms with E-state index in [2.05, 4.69) is 6.58 Å². The number of hydrogen-bond acceptors (Lipinski definition) is 4. The predicted octanol–water partition coefficient (Wildman–Crippen LogP) is 2.44. The van der Waals surface area contributed by atoms with Gasteiger partial charge >= 0.3 is 0 Å². The molecule has 0 aromatic heterocycles. The van der Waals surface area contributed by atoms with E-state index < -0.39 is 0 Å². The highest BCUT2D eigenvalue weighted by molar-refractivity contribution is 4.65. The van der Waals surface area contributed by atoms with E-state index >= 15 is 0 Å². The van der Waals surface area contributed by atoms with Crippen LogP contribution in [0.2, 0.25) is 0 Å². The van der Waals surface area contributed by atoms with Gasteiger partial charge in [0.05, 0.1) is 19.3 Å². The molecular weight excluding hydrogens is 208 g/mol. The van der Waals surface area contributed by atoms with E-state index in [-0.39, 0.29) is 12.4 Å². The molecule has 0 bridgehead atoms. The van der Waals surface area contributed by atoms with Crippen LogP contribution in [0, 0.1) is 0 Å². The zero-order valence-electron chi connectivity index (χ0n) is 10.0. The van der Waals surface area contributed by atoms with Crippen molar-refractivity contribution >= 4 is 0 Å². The summed E-state index contributed by atoms with van der Waals surface area (Å²) in [6.45, 7) is 7.47. The lowest BCUT2D eigenvalue weighted by Crippen LogP contribution is -2.23. The summed E-state index contributed by atoms with van der Waals surface area (Å²) in [6, 6.07) is 0. The first-order valence-corrected chi connectivity index (χ1v) is 5.95. The molecule has 1 saturated heterocycles. The van der Waals surface area contributed by atoms with Gasteiger partial charge in [-0.3, -0.25) is 0 Å². The molecule has 0 aliphatic carbocycles. The van der Waals surface area contributed by atoms with Crippen LogP contribution < -0.4 is 0 Å². The van der Waals surface area contributed by atoms with E-state index in [9.17, 15) is 0 Å². The third kappa shape index (κ3) is 6.23. The SMILES string of the molecule is C=CCO[C@H](C)CCOOC1CCCCO1. The molecule has 0 N–H and O–H groups in total. The van der Waals surface area contributed by atoms with Gasteiger partial charge in [0.25, 0.3) is 0 Å². The van der Waals surface area contributed by atoms with Gasteiger partial charge in [0.1, 0.15) is 0 Å². The zero-order chi connectivity index (χ0) is 11.6. The van der Waals surface area contributed by atoms with Crippen LogP contribution in [0.25, 0.3) is 0 Å². The maximum atomic E-state index is 5.40. The van der Waals surface area contributed by atoms with Crippen LogP contribution in [0.3, 0.4) is 0 Å². The second kappa shape index (κ2) is 8.70. The highest BCUT2D eigenvalue weighted by atomic mass is 17.2. The molecule has 1 unspecified atom stereocenters. The standard InChI is InChI=1S/C12H22O4/c1-3-8-13-11(2)7-10-15-16-12-6-4-5-9-14-12/h3,11-12H,1,4-10H2,2H3/t11-,12?/m1/s1. The second-order valence-electron chi connectivity index (χ2n) is 3.94. The molecular formula is C12H22O4. The van der Waals surface area contributed by atoms with Gasteiger partial charge < -0.3 is 9.47 Å². The van der Waals surface area contributed by atoms with Crippen molar-refractivity contribution in [1.29, 1.82) is 0 Å². The summed E-state index contributed by atoms with van der Waals surface area (Å²) >= 11 is 0. The lowest BCUT2D eigenvalue weighted by atomic mass is 10.2. The Morgan fingerprint density at radius 1 is 1.50 bits per heavy atom. The highest BCUT2D eigenvalue weighted by Crippen LogP contribution is 2.13. The summed E-state index contributed by atoms with van der Waals surface area (Å²) in [6.07, 6.45) is 5.71. The summed E-state index contributed by atoms with van der Waals surface area (Å²) in [4.78, 5) is 10.2. The first kappa shape index (κ1) is 13.6. The van der Waals surface area contributed by atoms with Crippen molar-refractivity contribution in [2.24, 2.45) is 0 Å². The maximum absolute atomic E-state index is 5.40. The van der Waals surface area contributed by atoms with E-state index in [1.54, 1.807) is 6.08 Å². The van der Waals surface area contributed by atoms with E-state index in [0.29, 0.717) is 13.2 Å². The van der Waals surface area contributed by atoms with Crippen LogP contribution in [0.1, 0.15) is 32.6 Å². The maximum Gasteiger partial charge on any atom is 0.191 e. The molecule has 4 nitrogen and oxygen atoms in total. The van der Waals surface area contributed by atoms with Crippen LogP contribution in [0.4, 0.5) is 0 Å². The van der Waals surface area contributed by atoms with Crippen molar-refractivity contribution in [3.05, 3.63) is 12.7 Å². The third-order valence-electron chi connectivity index (χ3n) is 2.42. The Bertz CT molecular complexity index is 178. The Balaban J connectivity index is 1.92. The molecule has 1 aliphatic rings. The third-order valence-corrected chi connectivity index (χ3v) is 2.42. The van der Waals surface area contributed by atoms with Crippen molar-refractivity contribution in [2.45, 2.75) is 45.0 Å². The van der Waals surface area contributed by atoms with E-state index in [1.165, 1.54) is 0 Å². The average molecular weight is 230 g/mol. The quantitative estimate of drug-likeness (QED) is 0.278. The summed E-state index contributed by atoms with van der Waals surface area (Å²) in [5, 5.41) is 0. The van der Waals surface area contributed by atoms with Gasteiger partial charge in [-0.05, 0) is 26.2 Å². The van der Waals surface area contributed by atoms with Gasteiger partial charge in [0.2, 0.25) is 0 Å². The Morgan fingerprint density at radius 2 is 2.38 bits per heavy atom. The van der Waals surface area contributed by atoms with Crippen molar-refractivity contribution in [3.8, 4) is 0 Å². The second-order valence-corrected chi connectivity index (χ2v) is 3.94. The van der Waals surface area contributed by atoms with Crippen molar-refractivity contribution in [1.82, 2.24) is 0 Å². The molecule has 0 aromatic rings. The molecule has 16 heavy (non-hydrogen) atoms. The highest BCUT2D eigenvalue weighted by Gasteiger charge is 2.14. The molecule has 1 aliphatic heterocycles.